The van der Waals surface area contributed by atoms with Crippen molar-refractivity contribution in [2.75, 3.05) is 13.1 Å². The fraction of sp³-hybridized carbons (Fsp3) is 0.350. The van der Waals surface area contributed by atoms with Crippen LogP contribution in [0.25, 0.3) is 22.2 Å². The van der Waals surface area contributed by atoms with Gasteiger partial charge in [-0.05, 0) is 74.5 Å². The smallest absolute Gasteiger partial charge is 0.0999 e. The van der Waals surface area contributed by atoms with Crippen molar-refractivity contribution < 1.29 is 0 Å². The maximum atomic E-state index is 4.58. The van der Waals surface area contributed by atoms with Gasteiger partial charge in [0.25, 0.3) is 0 Å². The SMILES string of the molecule is c1cc2cc(c1)-c1n[nH]c3ccc(cc13)CCCCNCCC2. The summed E-state index contributed by atoms with van der Waals surface area (Å²) in [6.45, 7) is 2.23. The van der Waals surface area contributed by atoms with Crippen molar-refractivity contribution in [3.05, 3.63) is 53.6 Å². The Balaban J connectivity index is 1.78. The van der Waals surface area contributed by atoms with Crippen LogP contribution in [0.4, 0.5) is 0 Å². The number of fused-ring (bicyclic) bond motifs is 4. The second-order valence-electron chi connectivity index (χ2n) is 6.46. The number of hydrogen-bond acceptors (Lipinski definition) is 2. The van der Waals surface area contributed by atoms with E-state index < -0.39 is 0 Å². The Morgan fingerprint density at radius 2 is 1.70 bits per heavy atom. The molecule has 0 radical (unpaired) electrons. The molecular weight excluding hydrogens is 282 g/mol. The maximum absolute atomic E-state index is 4.58. The van der Waals surface area contributed by atoms with Crippen molar-refractivity contribution in [1.29, 1.82) is 0 Å². The zero-order valence-electron chi connectivity index (χ0n) is 13.4. The third-order valence-electron chi connectivity index (χ3n) is 4.72. The van der Waals surface area contributed by atoms with E-state index in [4.69, 9.17) is 0 Å². The highest BCUT2D eigenvalue weighted by molar-refractivity contribution is 5.93. The van der Waals surface area contributed by atoms with Gasteiger partial charge < -0.3 is 5.32 Å². The van der Waals surface area contributed by atoms with Gasteiger partial charge >= 0.3 is 0 Å². The molecule has 3 heteroatoms. The van der Waals surface area contributed by atoms with Gasteiger partial charge in [0.15, 0.2) is 0 Å². The summed E-state index contributed by atoms with van der Waals surface area (Å²) in [4.78, 5) is 0. The van der Waals surface area contributed by atoms with Crippen molar-refractivity contribution in [3.8, 4) is 11.3 Å². The summed E-state index contributed by atoms with van der Waals surface area (Å²) in [5.74, 6) is 0. The molecule has 0 unspecified atom stereocenters. The quantitative estimate of drug-likeness (QED) is 0.657. The van der Waals surface area contributed by atoms with E-state index in [1.54, 1.807) is 0 Å². The molecule has 23 heavy (non-hydrogen) atoms. The van der Waals surface area contributed by atoms with Gasteiger partial charge in [-0.1, -0.05) is 24.3 Å². The van der Waals surface area contributed by atoms with Gasteiger partial charge in [0.2, 0.25) is 0 Å². The minimum atomic E-state index is 1.08. The van der Waals surface area contributed by atoms with Crippen LogP contribution >= 0.6 is 0 Å². The molecular formula is C20H23N3. The zero-order valence-corrected chi connectivity index (χ0v) is 13.4. The van der Waals surface area contributed by atoms with Crippen LogP contribution in [0.2, 0.25) is 0 Å². The van der Waals surface area contributed by atoms with Gasteiger partial charge in [0, 0.05) is 10.9 Å². The second-order valence-corrected chi connectivity index (χ2v) is 6.46. The fourth-order valence-electron chi connectivity index (χ4n) is 3.43. The minimum absolute atomic E-state index is 1.08. The summed E-state index contributed by atoms with van der Waals surface area (Å²) < 4.78 is 0. The molecule has 1 aromatic heterocycles. The van der Waals surface area contributed by atoms with Crippen LogP contribution in [0.1, 0.15) is 30.4 Å². The van der Waals surface area contributed by atoms with Crippen molar-refractivity contribution in [1.82, 2.24) is 15.5 Å². The van der Waals surface area contributed by atoms with Gasteiger partial charge in [-0.3, -0.25) is 5.10 Å². The monoisotopic (exact) mass is 305 g/mol. The molecule has 118 valence electrons. The number of aromatic amines is 1. The summed E-state index contributed by atoms with van der Waals surface area (Å²) in [7, 11) is 0. The van der Waals surface area contributed by atoms with Gasteiger partial charge in [-0.2, -0.15) is 5.10 Å². The minimum Gasteiger partial charge on any atom is -0.317 e. The molecule has 0 amide bonds. The molecule has 4 bridgehead atoms. The topological polar surface area (TPSA) is 40.7 Å². The van der Waals surface area contributed by atoms with Gasteiger partial charge in [-0.15, -0.1) is 0 Å². The van der Waals surface area contributed by atoms with E-state index >= 15 is 0 Å². The Kier molecular flexibility index (Phi) is 4.12. The molecule has 2 heterocycles. The number of benzene rings is 2. The van der Waals surface area contributed by atoms with Gasteiger partial charge in [-0.25, -0.2) is 0 Å². The van der Waals surface area contributed by atoms with E-state index in [0.29, 0.717) is 0 Å². The third-order valence-corrected chi connectivity index (χ3v) is 4.72. The van der Waals surface area contributed by atoms with E-state index in [0.717, 1.165) is 37.1 Å². The van der Waals surface area contributed by atoms with Crippen molar-refractivity contribution in [3.63, 3.8) is 0 Å². The lowest BCUT2D eigenvalue weighted by Crippen LogP contribution is -2.17. The predicted octanol–water partition coefficient (Wildman–Crippen LogP) is 4.09. The Labute approximate surface area is 137 Å². The van der Waals surface area contributed by atoms with E-state index in [1.807, 2.05) is 0 Å². The first-order chi connectivity index (χ1) is 11.4. The lowest BCUT2D eigenvalue weighted by molar-refractivity contribution is 0.604. The first-order valence-corrected chi connectivity index (χ1v) is 8.67. The molecule has 3 aromatic rings. The van der Waals surface area contributed by atoms with Crippen LogP contribution in [0.3, 0.4) is 0 Å². The number of H-pyrrole nitrogens is 1. The standard InChI is InChI=1S/C20H23N3/c1-2-11-21-12-4-7-15-6-3-8-17(13-15)20-18-14-16(5-1)9-10-19(18)22-23-20/h3,6,8-10,13-14,21H,1-2,4-5,7,11-12H2,(H,22,23). The lowest BCUT2D eigenvalue weighted by Gasteiger charge is -2.06. The van der Waals surface area contributed by atoms with Crippen molar-refractivity contribution in [2.45, 2.75) is 32.1 Å². The van der Waals surface area contributed by atoms with E-state index in [1.165, 1.54) is 41.3 Å². The first-order valence-electron chi connectivity index (χ1n) is 8.67. The Hall–Kier alpha value is -2.13. The molecule has 0 fully saturated rings. The summed E-state index contributed by atoms with van der Waals surface area (Å²) in [6, 6.07) is 15.5. The molecule has 2 aromatic carbocycles. The van der Waals surface area contributed by atoms with Crippen molar-refractivity contribution in [2.24, 2.45) is 0 Å². The van der Waals surface area contributed by atoms with E-state index in [2.05, 4.69) is 58.0 Å². The molecule has 2 N–H and O–H groups in total. The average molecular weight is 305 g/mol. The molecule has 0 spiro atoms. The number of nitrogens with zero attached hydrogens (tertiary/aromatic N) is 1. The highest BCUT2D eigenvalue weighted by atomic mass is 15.1. The van der Waals surface area contributed by atoms with E-state index in [9.17, 15) is 0 Å². The molecule has 0 saturated carbocycles. The summed E-state index contributed by atoms with van der Waals surface area (Å²) >= 11 is 0. The molecule has 1 aliphatic heterocycles. The largest absolute Gasteiger partial charge is 0.317 e. The van der Waals surface area contributed by atoms with Crippen LogP contribution in [0.15, 0.2) is 42.5 Å². The first kappa shape index (κ1) is 14.5. The Bertz CT molecular complexity index is 804. The van der Waals surface area contributed by atoms with Gasteiger partial charge in [0.1, 0.15) is 0 Å². The van der Waals surface area contributed by atoms with Crippen LogP contribution in [-0.4, -0.2) is 23.3 Å². The Morgan fingerprint density at radius 3 is 2.70 bits per heavy atom. The average Bonchev–Trinajstić information content (AvgIpc) is 3.00. The third kappa shape index (κ3) is 3.15. The molecule has 4 rings (SSSR count). The number of aromatic nitrogens is 2. The zero-order chi connectivity index (χ0) is 15.5. The predicted molar refractivity (Wildman–Crippen MR) is 95.7 cm³/mol. The van der Waals surface area contributed by atoms with Crippen LogP contribution < -0.4 is 5.32 Å². The molecule has 0 atom stereocenters. The Morgan fingerprint density at radius 1 is 0.826 bits per heavy atom. The second kappa shape index (κ2) is 6.55. The molecule has 0 saturated heterocycles. The lowest BCUT2D eigenvalue weighted by atomic mass is 10.0. The molecule has 0 aliphatic carbocycles. The fourth-order valence-corrected chi connectivity index (χ4v) is 3.43. The summed E-state index contributed by atoms with van der Waals surface area (Å²) in [6.07, 6.45) is 5.92. The van der Waals surface area contributed by atoms with Crippen molar-refractivity contribution >= 4 is 10.9 Å². The summed E-state index contributed by atoms with van der Waals surface area (Å²) in [5, 5.41) is 12.6. The van der Waals surface area contributed by atoms with Crippen LogP contribution in [0, 0.1) is 0 Å². The normalized spacial score (nSPS) is 16.2. The maximum Gasteiger partial charge on any atom is 0.0999 e. The summed E-state index contributed by atoms with van der Waals surface area (Å²) in [5.41, 5.74) is 6.23. The number of nitrogens with one attached hydrogen (secondary N) is 2. The highest BCUT2D eigenvalue weighted by Gasteiger charge is 2.10. The van der Waals surface area contributed by atoms with Crippen LogP contribution in [-0.2, 0) is 12.8 Å². The number of aryl methyl sites for hydroxylation is 2. The highest BCUT2D eigenvalue weighted by Crippen LogP contribution is 2.28. The molecule has 3 nitrogen and oxygen atoms in total. The van der Waals surface area contributed by atoms with Crippen LogP contribution in [0.5, 0.6) is 0 Å². The number of hydrogen-bond donors (Lipinski definition) is 2. The molecule has 1 aliphatic rings. The number of rotatable bonds is 0. The van der Waals surface area contributed by atoms with E-state index in [-0.39, 0.29) is 0 Å². The van der Waals surface area contributed by atoms with Gasteiger partial charge in [0.05, 0.1) is 11.2 Å².